The van der Waals surface area contributed by atoms with Crippen LogP contribution in [-0.4, -0.2) is 68.3 Å². The predicted molar refractivity (Wildman–Crippen MR) is 114 cm³/mol. The van der Waals surface area contributed by atoms with Gasteiger partial charge in [0.15, 0.2) is 0 Å². The number of anilines is 2. The predicted octanol–water partition coefficient (Wildman–Crippen LogP) is 1.96. The number of amides is 3. The molecule has 1 atom stereocenters. The van der Waals surface area contributed by atoms with Crippen LogP contribution in [0.3, 0.4) is 0 Å². The number of carbonyl (C=O) groups excluding carboxylic acids is 2. The third-order valence-corrected chi connectivity index (χ3v) is 4.94. The second-order valence-electron chi connectivity index (χ2n) is 6.89. The highest BCUT2D eigenvalue weighted by Gasteiger charge is 2.25. The third-order valence-electron chi connectivity index (χ3n) is 4.94. The van der Waals surface area contributed by atoms with Gasteiger partial charge in [0.25, 0.3) is 0 Å². The molecule has 1 aromatic heterocycles. The number of urea groups is 1. The molecule has 2 N–H and O–H groups in total. The number of benzene rings is 1. The van der Waals surface area contributed by atoms with Gasteiger partial charge in [-0.15, -0.1) is 0 Å². The molecule has 0 bridgehead atoms. The highest BCUT2D eigenvalue weighted by atomic mass is 16.5. The van der Waals surface area contributed by atoms with Crippen LogP contribution in [0.25, 0.3) is 0 Å². The lowest BCUT2D eigenvalue weighted by atomic mass is 10.2. The summed E-state index contributed by atoms with van der Waals surface area (Å²) < 4.78 is 10.4. The zero-order valence-electron chi connectivity index (χ0n) is 17.4. The lowest BCUT2D eigenvalue weighted by molar-refractivity contribution is -0.117. The van der Waals surface area contributed by atoms with Crippen LogP contribution >= 0.6 is 0 Å². The molecule has 1 aromatic carbocycles. The lowest BCUT2D eigenvalue weighted by Gasteiger charge is -2.35. The van der Waals surface area contributed by atoms with Crippen molar-refractivity contribution in [3.63, 3.8) is 0 Å². The largest absolute Gasteiger partial charge is 0.497 e. The number of nitrogens with zero attached hydrogens (tertiary/aromatic N) is 3. The highest BCUT2D eigenvalue weighted by Crippen LogP contribution is 2.29. The van der Waals surface area contributed by atoms with Crippen molar-refractivity contribution in [2.75, 3.05) is 50.6 Å². The van der Waals surface area contributed by atoms with Gasteiger partial charge in [-0.25, -0.2) is 9.78 Å². The van der Waals surface area contributed by atoms with Crippen LogP contribution in [0.15, 0.2) is 42.6 Å². The maximum absolute atomic E-state index is 12.6. The maximum atomic E-state index is 12.6. The van der Waals surface area contributed by atoms with E-state index in [1.165, 1.54) is 7.11 Å². The van der Waals surface area contributed by atoms with E-state index in [4.69, 9.17) is 9.47 Å². The zero-order chi connectivity index (χ0) is 21.5. The second-order valence-corrected chi connectivity index (χ2v) is 6.89. The summed E-state index contributed by atoms with van der Waals surface area (Å²) in [4.78, 5) is 33.3. The Hall–Kier alpha value is -3.49. The Kier molecular flexibility index (Phi) is 6.95. The maximum Gasteiger partial charge on any atom is 0.318 e. The van der Waals surface area contributed by atoms with Gasteiger partial charge in [0.1, 0.15) is 23.4 Å². The van der Waals surface area contributed by atoms with E-state index in [1.807, 2.05) is 18.2 Å². The molecule has 1 unspecified atom stereocenters. The van der Waals surface area contributed by atoms with Crippen LogP contribution in [0, 0.1) is 0 Å². The molecular weight excluding hydrogens is 386 g/mol. The quantitative estimate of drug-likeness (QED) is 0.752. The minimum absolute atomic E-state index is 0.264. The van der Waals surface area contributed by atoms with Gasteiger partial charge in [0.2, 0.25) is 5.91 Å². The van der Waals surface area contributed by atoms with Crippen molar-refractivity contribution in [2.24, 2.45) is 0 Å². The number of aromatic nitrogens is 1. The van der Waals surface area contributed by atoms with Gasteiger partial charge in [-0.1, -0.05) is 6.07 Å². The van der Waals surface area contributed by atoms with Crippen LogP contribution < -0.4 is 25.0 Å². The van der Waals surface area contributed by atoms with Crippen molar-refractivity contribution in [1.29, 1.82) is 0 Å². The van der Waals surface area contributed by atoms with E-state index in [0.29, 0.717) is 43.4 Å². The Labute approximate surface area is 176 Å². The number of nitrogens with one attached hydrogen (secondary N) is 2. The number of methoxy groups -OCH3 is 2. The molecule has 1 aliphatic heterocycles. The summed E-state index contributed by atoms with van der Waals surface area (Å²) >= 11 is 0. The molecule has 9 nitrogen and oxygen atoms in total. The minimum atomic E-state index is -0.710. The van der Waals surface area contributed by atoms with Crippen molar-refractivity contribution in [2.45, 2.75) is 13.0 Å². The highest BCUT2D eigenvalue weighted by molar-refractivity contribution is 5.97. The monoisotopic (exact) mass is 413 g/mol. The SMILES string of the molecule is COc1ccc(NC(=O)C(C)NC(=O)N2CCN(c3ccccn3)CC2)c(OC)c1. The third kappa shape index (κ3) is 5.11. The van der Waals surface area contributed by atoms with E-state index in [0.717, 1.165) is 5.82 Å². The molecule has 0 spiro atoms. The Morgan fingerprint density at radius 2 is 1.83 bits per heavy atom. The lowest BCUT2D eigenvalue weighted by Crippen LogP contribution is -2.54. The average Bonchev–Trinajstić information content (AvgIpc) is 2.79. The minimum Gasteiger partial charge on any atom is -0.497 e. The molecule has 3 rings (SSSR count). The van der Waals surface area contributed by atoms with Crippen molar-refractivity contribution in [3.8, 4) is 11.5 Å². The van der Waals surface area contributed by atoms with E-state index >= 15 is 0 Å². The van der Waals surface area contributed by atoms with Gasteiger partial charge < -0.3 is 29.9 Å². The van der Waals surface area contributed by atoms with Gasteiger partial charge >= 0.3 is 6.03 Å². The van der Waals surface area contributed by atoms with Crippen LogP contribution in [0.4, 0.5) is 16.3 Å². The van der Waals surface area contributed by atoms with Crippen molar-refractivity contribution < 1.29 is 19.1 Å². The number of rotatable bonds is 6. The molecule has 0 aliphatic carbocycles. The Bertz CT molecular complexity index is 869. The number of ether oxygens (including phenoxy) is 2. The van der Waals surface area contributed by atoms with Gasteiger partial charge in [0, 0.05) is 38.4 Å². The summed E-state index contributed by atoms with van der Waals surface area (Å²) in [6, 6.07) is 9.90. The van der Waals surface area contributed by atoms with Crippen molar-refractivity contribution in [3.05, 3.63) is 42.6 Å². The first-order chi connectivity index (χ1) is 14.5. The number of carbonyl (C=O) groups is 2. The standard InChI is InChI=1S/C21H27N5O4/c1-15(20(27)24-17-8-7-16(29-2)14-18(17)30-3)23-21(28)26-12-10-25(11-13-26)19-6-4-5-9-22-19/h4-9,14-15H,10-13H2,1-3H3,(H,23,28)(H,24,27). The average molecular weight is 413 g/mol. The van der Waals surface area contributed by atoms with Crippen LogP contribution in [-0.2, 0) is 4.79 Å². The van der Waals surface area contributed by atoms with Crippen molar-refractivity contribution in [1.82, 2.24) is 15.2 Å². The number of hydrogen-bond acceptors (Lipinski definition) is 6. The molecule has 2 aromatic rings. The van der Waals surface area contributed by atoms with Crippen LogP contribution in [0.2, 0.25) is 0 Å². The van der Waals surface area contributed by atoms with E-state index in [9.17, 15) is 9.59 Å². The molecule has 3 amide bonds. The van der Waals surface area contributed by atoms with E-state index < -0.39 is 6.04 Å². The number of pyridine rings is 1. The molecule has 1 aliphatic rings. The fourth-order valence-electron chi connectivity index (χ4n) is 3.16. The van der Waals surface area contributed by atoms with Gasteiger partial charge in [-0.2, -0.15) is 0 Å². The molecule has 9 heteroatoms. The molecule has 1 fully saturated rings. The molecule has 30 heavy (non-hydrogen) atoms. The smallest absolute Gasteiger partial charge is 0.318 e. The first-order valence-electron chi connectivity index (χ1n) is 9.76. The summed E-state index contributed by atoms with van der Waals surface area (Å²) in [5, 5.41) is 5.54. The molecule has 0 saturated carbocycles. The fourth-order valence-corrected chi connectivity index (χ4v) is 3.16. The van der Waals surface area contributed by atoms with Crippen molar-refractivity contribution >= 4 is 23.4 Å². The molecule has 1 saturated heterocycles. The first kappa shape index (κ1) is 21.2. The fraction of sp³-hybridized carbons (Fsp3) is 0.381. The number of piperazine rings is 1. The Morgan fingerprint density at radius 3 is 2.47 bits per heavy atom. The molecule has 0 radical (unpaired) electrons. The van der Waals surface area contributed by atoms with Crippen LogP contribution in [0.5, 0.6) is 11.5 Å². The first-order valence-corrected chi connectivity index (χ1v) is 9.76. The van der Waals surface area contributed by atoms with E-state index in [2.05, 4.69) is 20.5 Å². The molecule has 2 heterocycles. The summed E-state index contributed by atoms with van der Waals surface area (Å²) in [7, 11) is 3.07. The van der Waals surface area contributed by atoms with Gasteiger partial charge in [-0.05, 0) is 31.2 Å². The van der Waals surface area contributed by atoms with Crippen LogP contribution in [0.1, 0.15) is 6.92 Å². The van der Waals surface area contributed by atoms with Gasteiger partial charge in [0.05, 0.1) is 19.9 Å². The van der Waals surface area contributed by atoms with Gasteiger partial charge in [-0.3, -0.25) is 4.79 Å². The molecular formula is C21H27N5O4. The second kappa shape index (κ2) is 9.82. The Balaban J connectivity index is 1.51. The normalized spacial score (nSPS) is 14.6. The Morgan fingerprint density at radius 1 is 1.07 bits per heavy atom. The summed E-state index contributed by atoms with van der Waals surface area (Å²) in [5.74, 6) is 1.67. The summed E-state index contributed by atoms with van der Waals surface area (Å²) in [6.45, 7) is 4.14. The molecule has 160 valence electrons. The van der Waals surface area contributed by atoms with E-state index in [1.54, 1.807) is 43.3 Å². The summed E-state index contributed by atoms with van der Waals surface area (Å²) in [5.41, 5.74) is 0.508. The number of hydrogen-bond donors (Lipinski definition) is 2. The van der Waals surface area contributed by atoms with E-state index in [-0.39, 0.29) is 11.9 Å². The topological polar surface area (TPSA) is 96.0 Å². The zero-order valence-corrected chi connectivity index (χ0v) is 17.4. The summed E-state index contributed by atoms with van der Waals surface area (Å²) in [6.07, 6.45) is 1.76.